The average Bonchev–Trinajstić information content (AvgIpc) is 3.29. The summed E-state index contributed by atoms with van der Waals surface area (Å²) in [5.41, 5.74) is 1.27. The number of hydrogen-bond donors (Lipinski definition) is 0. The lowest BCUT2D eigenvalue weighted by Gasteiger charge is -2.47. The summed E-state index contributed by atoms with van der Waals surface area (Å²) in [7, 11) is 1.96. The monoisotopic (exact) mass is 356 g/mol. The summed E-state index contributed by atoms with van der Waals surface area (Å²) in [5.74, 6) is 0.948. The van der Waals surface area contributed by atoms with Crippen molar-refractivity contribution >= 4 is 5.91 Å². The molecular weight excluding hydrogens is 328 g/mol. The minimum Gasteiger partial charge on any atom is -0.339 e. The lowest BCUT2D eigenvalue weighted by Crippen LogP contribution is -2.56. The highest BCUT2D eigenvalue weighted by Gasteiger charge is 2.38. The van der Waals surface area contributed by atoms with Crippen molar-refractivity contribution < 1.29 is 4.79 Å². The molecule has 7 nitrogen and oxygen atoms in total. The Hall–Kier alpha value is -2.15. The predicted molar refractivity (Wildman–Crippen MR) is 98.2 cm³/mol. The zero-order valence-electron chi connectivity index (χ0n) is 15.5. The quantitative estimate of drug-likeness (QED) is 0.787. The number of imidazole rings is 1. The second kappa shape index (κ2) is 7.61. The molecule has 4 rings (SSSR count). The summed E-state index contributed by atoms with van der Waals surface area (Å²) in [4.78, 5) is 21.3. The van der Waals surface area contributed by atoms with Crippen molar-refractivity contribution in [2.24, 2.45) is 13.0 Å². The molecule has 0 unspecified atom stereocenters. The third kappa shape index (κ3) is 3.82. The summed E-state index contributed by atoms with van der Waals surface area (Å²) in [6.07, 6.45) is 13.5. The molecule has 0 saturated carbocycles. The highest BCUT2D eigenvalue weighted by molar-refractivity contribution is 5.77. The number of amides is 1. The summed E-state index contributed by atoms with van der Waals surface area (Å²) < 4.78 is 3.95. The number of nitrogens with zero attached hydrogens (tertiary/aromatic N) is 6. The van der Waals surface area contributed by atoms with E-state index in [-0.39, 0.29) is 0 Å². The van der Waals surface area contributed by atoms with Crippen molar-refractivity contribution in [3.63, 3.8) is 0 Å². The molecule has 26 heavy (non-hydrogen) atoms. The second-order valence-electron chi connectivity index (χ2n) is 7.65. The Bertz CT molecular complexity index is 724. The number of aromatic nitrogens is 4. The van der Waals surface area contributed by atoms with Gasteiger partial charge in [-0.2, -0.15) is 5.10 Å². The molecular formula is C19H28N6O. The van der Waals surface area contributed by atoms with Gasteiger partial charge in [0, 0.05) is 76.4 Å². The van der Waals surface area contributed by atoms with Crippen LogP contribution < -0.4 is 0 Å². The van der Waals surface area contributed by atoms with Crippen LogP contribution in [0.2, 0.25) is 0 Å². The summed E-state index contributed by atoms with van der Waals surface area (Å²) in [6.45, 7) is 4.90. The number of carbonyl (C=O) groups is 1. The SMILES string of the molecule is Cn1cc(CN2CC[C@@H]3[C@@H](CCC(=O)N3CCCn3ccnc3)C2)cn1. The maximum Gasteiger partial charge on any atom is 0.222 e. The van der Waals surface area contributed by atoms with E-state index in [1.54, 1.807) is 6.20 Å². The molecule has 0 N–H and O–H groups in total. The van der Waals surface area contributed by atoms with E-state index >= 15 is 0 Å². The van der Waals surface area contributed by atoms with Crippen molar-refractivity contribution in [3.05, 3.63) is 36.7 Å². The Morgan fingerprint density at radius 2 is 2.19 bits per heavy atom. The largest absolute Gasteiger partial charge is 0.339 e. The fraction of sp³-hybridized carbons (Fsp3) is 0.632. The van der Waals surface area contributed by atoms with Crippen LogP contribution >= 0.6 is 0 Å². The van der Waals surface area contributed by atoms with E-state index in [2.05, 4.69) is 30.6 Å². The molecule has 0 aliphatic carbocycles. The second-order valence-corrected chi connectivity index (χ2v) is 7.65. The number of rotatable bonds is 6. The topological polar surface area (TPSA) is 59.2 Å². The molecule has 1 amide bonds. The highest BCUT2D eigenvalue weighted by Crippen LogP contribution is 2.32. The molecule has 0 radical (unpaired) electrons. The van der Waals surface area contributed by atoms with Crippen LogP contribution in [0.1, 0.15) is 31.2 Å². The van der Waals surface area contributed by atoms with E-state index in [0.29, 0.717) is 24.3 Å². The van der Waals surface area contributed by atoms with Crippen molar-refractivity contribution in [3.8, 4) is 0 Å². The molecule has 0 spiro atoms. The van der Waals surface area contributed by atoms with Gasteiger partial charge in [0.1, 0.15) is 0 Å². The smallest absolute Gasteiger partial charge is 0.222 e. The molecule has 2 aliphatic rings. The van der Waals surface area contributed by atoms with Gasteiger partial charge in [0.05, 0.1) is 12.5 Å². The minimum atomic E-state index is 0.345. The van der Waals surface area contributed by atoms with Gasteiger partial charge in [-0.1, -0.05) is 0 Å². The van der Waals surface area contributed by atoms with E-state index in [1.807, 2.05) is 30.5 Å². The van der Waals surface area contributed by atoms with Gasteiger partial charge in [-0.25, -0.2) is 4.98 Å². The van der Waals surface area contributed by atoms with E-state index < -0.39 is 0 Å². The number of hydrogen-bond acceptors (Lipinski definition) is 4. The van der Waals surface area contributed by atoms with Crippen LogP contribution in [0.25, 0.3) is 0 Å². The highest BCUT2D eigenvalue weighted by atomic mass is 16.2. The third-order valence-corrected chi connectivity index (χ3v) is 5.77. The maximum atomic E-state index is 12.5. The van der Waals surface area contributed by atoms with E-state index in [9.17, 15) is 4.79 Å². The van der Waals surface area contributed by atoms with Gasteiger partial charge in [-0.05, 0) is 25.2 Å². The number of carbonyl (C=O) groups excluding carboxylic acids is 1. The molecule has 140 valence electrons. The molecule has 0 aromatic carbocycles. The van der Waals surface area contributed by atoms with Crippen molar-refractivity contribution in [1.29, 1.82) is 0 Å². The van der Waals surface area contributed by atoms with Gasteiger partial charge < -0.3 is 9.47 Å². The standard InChI is InChI=1S/C19H28N6O/c1-22-12-16(11-21-22)13-24-9-5-18-17(14-24)3-4-19(26)25(18)8-2-7-23-10-6-20-15-23/h6,10-12,15,17-18H,2-5,7-9,13-14H2,1H3/t17-,18+/m0/s1. The fourth-order valence-electron chi connectivity index (χ4n) is 4.52. The van der Waals surface area contributed by atoms with Crippen LogP contribution in [0.3, 0.4) is 0 Å². The molecule has 2 aromatic rings. The molecule has 7 heteroatoms. The average molecular weight is 356 g/mol. The summed E-state index contributed by atoms with van der Waals surface area (Å²) in [6, 6.07) is 0.421. The van der Waals surface area contributed by atoms with Crippen LogP contribution in [-0.4, -0.2) is 60.7 Å². The van der Waals surface area contributed by atoms with Gasteiger partial charge in [-0.3, -0.25) is 14.4 Å². The lowest BCUT2D eigenvalue weighted by atomic mass is 9.83. The van der Waals surface area contributed by atoms with E-state index in [0.717, 1.165) is 52.0 Å². The van der Waals surface area contributed by atoms with Crippen LogP contribution in [-0.2, 0) is 24.9 Å². The van der Waals surface area contributed by atoms with Crippen molar-refractivity contribution in [2.75, 3.05) is 19.6 Å². The number of aryl methyl sites for hydroxylation is 2. The van der Waals surface area contributed by atoms with Gasteiger partial charge in [0.15, 0.2) is 0 Å². The van der Waals surface area contributed by atoms with Crippen LogP contribution in [0.5, 0.6) is 0 Å². The lowest BCUT2D eigenvalue weighted by molar-refractivity contribution is -0.141. The van der Waals surface area contributed by atoms with Crippen LogP contribution in [0.15, 0.2) is 31.1 Å². The normalized spacial score (nSPS) is 24.0. The Balaban J connectivity index is 1.32. The number of likely N-dealkylation sites (tertiary alicyclic amines) is 2. The predicted octanol–water partition coefficient (Wildman–Crippen LogP) is 1.52. The zero-order valence-corrected chi connectivity index (χ0v) is 15.5. The molecule has 2 aliphatic heterocycles. The van der Waals surface area contributed by atoms with E-state index in [4.69, 9.17) is 0 Å². The van der Waals surface area contributed by atoms with Crippen LogP contribution in [0, 0.1) is 5.92 Å². The molecule has 4 heterocycles. The molecule has 2 atom stereocenters. The first-order chi connectivity index (χ1) is 12.7. The zero-order chi connectivity index (χ0) is 17.9. The molecule has 2 fully saturated rings. The molecule has 0 bridgehead atoms. The minimum absolute atomic E-state index is 0.345. The van der Waals surface area contributed by atoms with Gasteiger partial charge >= 0.3 is 0 Å². The number of fused-ring (bicyclic) bond motifs is 1. The number of piperidine rings is 2. The maximum absolute atomic E-state index is 12.5. The van der Waals surface area contributed by atoms with Crippen LogP contribution in [0.4, 0.5) is 0 Å². The Labute approximate surface area is 154 Å². The third-order valence-electron chi connectivity index (χ3n) is 5.77. The summed E-state index contributed by atoms with van der Waals surface area (Å²) >= 11 is 0. The Morgan fingerprint density at radius 1 is 1.27 bits per heavy atom. The van der Waals surface area contributed by atoms with E-state index in [1.165, 1.54) is 5.56 Å². The van der Waals surface area contributed by atoms with Crippen molar-refractivity contribution in [2.45, 2.75) is 44.8 Å². The fourth-order valence-corrected chi connectivity index (χ4v) is 4.52. The first kappa shape index (κ1) is 17.3. The first-order valence-electron chi connectivity index (χ1n) is 9.64. The van der Waals surface area contributed by atoms with Gasteiger partial charge in [-0.15, -0.1) is 0 Å². The van der Waals surface area contributed by atoms with Crippen molar-refractivity contribution in [1.82, 2.24) is 29.1 Å². The van der Waals surface area contributed by atoms with Gasteiger partial charge in [0.2, 0.25) is 5.91 Å². The summed E-state index contributed by atoms with van der Waals surface area (Å²) in [5, 5.41) is 4.27. The Kier molecular flexibility index (Phi) is 5.06. The molecule has 2 aromatic heterocycles. The first-order valence-corrected chi connectivity index (χ1v) is 9.64. The van der Waals surface area contributed by atoms with Gasteiger partial charge in [0.25, 0.3) is 0 Å². The molecule has 2 saturated heterocycles. The Morgan fingerprint density at radius 3 is 2.96 bits per heavy atom.